The van der Waals surface area contributed by atoms with Gasteiger partial charge in [-0.05, 0) is 11.6 Å². The Kier molecular flexibility index (Phi) is 3.19. The van der Waals surface area contributed by atoms with Gasteiger partial charge in [0, 0.05) is 0 Å². The lowest BCUT2D eigenvalue weighted by Crippen LogP contribution is -2.06. The summed E-state index contributed by atoms with van der Waals surface area (Å²) in [5, 5.41) is 8.64. The molecule has 0 atom stereocenters. The Labute approximate surface area is 80.7 Å². The number of hydrogen-bond donors (Lipinski definition) is 0. The second kappa shape index (κ2) is 4.38. The van der Waals surface area contributed by atoms with E-state index in [1.165, 1.54) is 25.3 Å². The average molecular weight is 193 g/mol. The number of carbonyl (C=O) groups excluding carboxylic acids is 1. The zero-order chi connectivity index (χ0) is 10.6. The molecule has 0 amide bonds. The Balaban J connectivity index is 3.04. The molecule has 0 aliphatic heterocycles. The van der Waals surface area contributed by atoms with E-state index in [0.717, 1.165) is 0 Å². The molecular formula is C10H8FNO2. The van der Waals surface area contributed by atoms with Gasteiger partial charge in [0.15, 0.2) is 0 Å². The molecule has 1 rings (SSSR count). The zero-order valence-corrected chi connectivity index (χ0v) is 7.58. The third kappa shape index (κ3) is 2.07. The summed E-state index contributed by atoms with van der Waals surface area (Å²) in [6.45, 7) is 0. The van der Waals surface area contributed by atoms with Crippen LogP contribution in [0.5, 0.6) is 0 Å². The van der Waals surface area contributed by atoms with Crippen LogP contribution in [0.25, 0.3) is 0 Å². The van der Waals surface area contributed by atoms with Gasteiger partial charge in [-0.1, -0.05) is 12.1 Å². The van der Waals surface area contributed by atoms with Crippen molar-refractivity contribution in [2.24, 2.45) is 0 Å². The predicted octanol–water partition coefficient (Wildman–Crippen LogP) is 1.41. The highest BCUT2D eigenvalue weighted by Gasteiger charge is 2.11. The highest BCUT2D eigenvalue weighted by molar-refractivity contribution is 5.73. The molecule has 1 aromatic carbocycles. The van der Waals surface area contributed by atoms with Gasteiger partial charge in [0.25, 0.3) is 0 Å². The molecule has 0 aliphatic carbocycles. The number of esters is 1. The van der Waals surface area contributed by atoms with E-state index in [0.29, 0.717) is 5.56 Å². The SMILES string of the molecule is COC(=O)Cc1cccc(F)c1C#N. The Morgan fingerprint density at radius 3 is 2.93 bits per heavy atom. The molecule has 0 bridgehead atoms. The molecule has 4 heteroatoms. The molecule has 0 heterocycles. The Morgan fingerprint density at radius 1 is 1.64 bits per heavy atom. The molecule has 0 saturated carbocycles. The van der Waals surface area contributed by atoms with E-state index >= 15 is 0 Å². The number of nitrogens with zero attached hydrogens (tertiary/aromatic N) is 1. The van der Waals surface area contributed by atoms with Crippen molar-refractivity contribution < 1.29 is 13.9 Å². The van der Waals surface area contributed by atoms with E-state index in [1.54, 1.807) is 6.07 Å². The van der Waals surface area contributed by atoms with Crippen LogP contribution in [0.3, 0.4) is 0 Å². The van der Waals surface area contributed by atoms with Crippen molar-refractivity contribution in [2.45, 2.75) is 6.42 Å². The van der Waals surface area contributed by atoms with E-state index in [1.807, 2.05) is 0 Å². The molecule has 72 valence electrons. The molecule has 0 unspecified atom stereocenters. The minimum Gasteiger partial charge on any atom is -0.469 e. The van der Waals surface area contributed by atoms with Crippen LogP contribution < -0.4 is 0 Å². The number of ether oxygens (including phenoxy) is 1. The summed E-state index contributed by atoms with van der Waals surface area (Å²) < 4.78 is 17.5. The minimum atomic E-state index is -0.617. The topological polar surface area (TPSA) is 50.1 Å². The normalized spacial score (nSPS) is 9.21. The van der Waals surface area contributed by atoms with Gasteiger partial charge >= 0.3 is 5.97 Å². The first-order chi connectivity index (χ1) is 6.69. The van der Waals surface area contributed by atoms with E-state index in [9.17, 15) is 9.18 Å². The van der Waals surface area contributed by atoms with Gasteiger partial charge in [0.2, 0.25) is 0 Å². The van der Waals surface area contributed by atoms with Gasteiger partial charge in [-0.3, -0.25) is 4.79 Å². The number of rotatable bonds is 2. The maximum Gasteiger partial charge on any atom is 0.310 e. The van der Waals surface area contributed by atoms with Gasteiger partial charge in [-0.2, -0.15) is 5.26 Å². The summed E-state index contributed by atoms with van der Waals surface area (Å²) in [4.78, 5) is 10.9. The van der Waals surface area contributed by atoms with Crippen LogP contribution in [0.1, 0.15) is 11.1 Å². The van der Waals surface area contributed by atoms with Crippen LogP contribution in [-0.2, 0) is 16.0 Å². The Bertz CT molecular complexity index is 396. The average Bonchev–Trinajstić information content (AvgIpc) is 2.18. The maximum atomic E-state index is 13.0. The molecule has 0 N–H and O–H groups in total. The highest BCUT2D eigenvalue weighted by Crippen LogP contribution is 2.13. The van der Waals surface area contributed by atoms with Crippen LogP contribution in [0.2, 0.25) is 0 Å². The third-order valence-corrected chi connectivity index (χ3v) is 1.77. The molecule has 14 heavy (non-hydrogen) atoms. The summed E-state index contributed by atoms with van der Waals surface area (Å²) in [7, 11) is 1.24. The van der Waals surface area contributed by atoms with Gasteiger partial charge in [-0.15, -0.1) is 0 Å². The van der Waals surface area contributed by atoms with Crippen molar-refractivity contribution in [1.29, 1.82) is 5.26 Å². The van der Waals surface area contributed by atoms with Gasteiger partial charge in [0.1, 0.15) is 11.9 Å². The van der Waals surface area contributed by atoms with E-state index in [4.69, 9.17) is 5.26 Å². The van der Waals surface area contributed by atoms with Crippen LogP contribution in [0.15, 0.2) is 18.2 Å². The molecule has 0 saturated heterocycles. The fourth-order valence-electron chi connectivity index (χ4n) is 1.07. The maximum absolute atomic E-state index is 13.0. The Hall–Kier alpha value is -1.89. The first-order valence-electron chi connectivity index (χ1n) is 3.93. The standard InChI is InChI=1S/C10H8FNO2/c1-14-10(13)5-7-3-2-4-9(11)8(7)6-12/h2-4H,5H2,1H3. The molecule has 0 fully saturated rings. The predicted molar refractivity (Wildman–Crippen MR) is 46.8 cm³/mol. The molecular weight excluding hydrogens is 185 g/mol. The molecule has 0 aromatic heterocycles. The van der Waals surface area contributed by atoms with Crippen molar-refractivity contribution in [3.05, 3.63) is 35.1 Å². The van der Waals surface area contributed by atoms with Crippen LogP contribution in [0.4, 0.5) is 4.39 Å². The van der Waals surface area contributed by atoms with Crippen molar-refractivity contribution in [3.8, 4) is 6.07 Å². The number of halogens is 1. The van der Waals surface area contributed by atoms with Crippen LogP contribution >= 0.6 is 0 Å². The van der Waals surface area contributed by atoms with E-state index in [-0.39, 0.29) is 12.0 Å². The molecule has 3 nitrogen and oxygen atoms in total. The lowest BCUT2D eigenvalue weighted by atomic mass is 10.1. The fraction of sp³-hybridized carbons (Fsp3) is 0.200. The molecule has 0 spiro atoms. The van der Waals surface area contributed by atoms with Crippen LogP contribution in [-0.4, -0.2) is 13.1 Å². The van der Waals surface area contributed by atoms with Gasteiger partial charge in [0.05, 0.1) is 19.1 Å². The summed E-state index contributed by atoms with van der Waals surface area (Å²) in [6.07, 6.45) is -0.0862. The van der Waals surface area contributed by atoms with Crippen molar-refractivity contribution >= 4 is 5.97 Å². The smallest absolute Gasteiger partial charge is 0.310 e. The molecule has 0 aliphatic rings. The second-order valence-corrected chi connectivity index (χ2v) is 2.64. The first kappa shape index (κ1) is 10.2. The summed E-state index contributed by atoms with van der Waals surface area (Å²) in [5.74, 6) is -1.11. The number of nitriles is 1. The van der Waals surface area contributed by atoms with Crippen molar-refractivity contribution in [3.63, 3.8) is 0 Å². The lowest BCUT2D eigenvalue weighted by molar-refractivity contribution is -0.139. The largest absolute Gasteiger partial charge is 0.469 e. The number of hydrogen-bond acceptors (Lipinski definition) is 3. The number of methoxy groups -OCH3 is 1. The number of carbonyl (C=O) groups is 1. The number of benzene rings is 1. The van der Waals surface area contributed by atoms with E-state index < -0.39 is 11.8 Å². The quantitative estimate of drug-likeness (QED) is 0.667. The summed E-state index contributed by atoms with van der Waals surface area (Å²) in [6, 6.07) is 5.87. The van der Waals surface area contributed by atoms with Crippen molar-refractivity contribution in [2.75, 3.05) is 7.11 Å². The van der Waals surface area contributed by atoms with E-state index in [2.05, 4.69) is 4.74 Å². The van der Waals surface area contributed by atoms with Gasteiger partial charge in [-0.25, -0.2) is 4.39 Å². The monoisotopic (exact) mass is 193 g/mol. The summed E-state index contributed by atoms with van der Waals surface area (Å²) >= 11 is 0. The molecule has 0 radical (unpaired) electrons. The minimum absolute atomic E-state index is 0.0862. The van der Waals surface area contributed by atoms with Crippen LogP contribution in [0, 0.1) is 17.1 Å². The molecule has 1 aromatic rings. The first-order valence-corrected chi connectivity index (χ1v) is 3.93. The Morgan fingerprint density at radius 2 is 2.36 bits per heavy atom. The highest BCUT2D eigenvalue weighted by atomic mass is 19.1. The lowest BCUT2D eigenvalue weighted by Gasteiger charge is -2.02. The van der Waals surface area contributed by atoms with Crippen molar-refractivity contribution in [1.82, 2.24) is 0 Å². The summed E-state index contributed by atoms with van der Waals surface area (Å²) in [5.41, 5.74) is 0.247. The second-order valence-electron chi connectivity index (χ2n) is 2.64. The fourth-order valence-corrected chi connectivity index (χ4v) is 1.07. The zero-order valence-electron chi connectivity index (χ0n) is 7.58. The van der Waals surface area contributed by atoms with Gasteiger partial charge < -0.3 is 4.74 Å². The third-order valence-electron chi connectivity index (χ3n) is 1.77.